The lowest BCUT2D eigenvalue weighted by molar-refractivity contribution is -0.308. The topological polar surface area (TPSA) is 40.1 Å². The second-order valence-corrected chi connectivity index (χ2v) is 5.79. The number of hydrogen-bond acceptors (Lipinski definition) is 2. The van der Waals surface area contributed by atoms with E-state index in [0.717, 1.165) is 22.3 Å². The molecule has 2 heteroatoms. The summed E-state index contributed by atoms with van der Waals surface area (Å²) in [4.78, 5) is 11.4. The van der Waals surface area contributed by atoms with E-state index in [2.05, 4.69) is 12.1 Å². The molecule has 2 nitrogen and oxygen atoms in total. The van der Waals surface area contributed by atoms with Crippen molar-refractivity contribution in [2.75, 3.05) is 0 Å². The van der Waals surface area contributed by atoms with Gasteiger partial charge in [-0.15, -0.1) is 0 Å². The zero-order chi connectivity index (χ0) is 14.3. The van der Waals surface area contributed by atoms with Crippen LogP contribution in [0.4, 0.5) is 0 Å². The monoisotopic (exact) mass is 265 g/mol. The lowest BCUT2D eigenvalue weighted by Crippen LogP contribution is -2.29. The summed E-state index contributed by atoms with van der Waals surface area (Å²) in [7, 11) is 0. The highest BCUT2D eigenvalue weighted by Crippen LogP contribution is 2.58. The minimum absolute atomic E-state index is 0.406. The number of aliphatic carboxylic acids is 1. The van der Waals surface area contributed by atoms with Gasteiger partial charge in [0.1, 0.15) is 0 Å². The summed E-state index contributed by atoms with van der Waals surface area (Å²) in [5, 5.41) is 11.4. The fourth-order valence-electron chi connectivity index (χ4n) is 3.20. The number of benzene rings is 2. The van der Waals surface area contributed by atoms with Crippen LogP contribution in [-0.2, 0) is 10.2 Å². The summed E-state index contributed by atoms with van der Waals surface area (Å²) in [6.07, 6.45) is 0.627. The third kappa shape index (κ3) is 1.92. The van der Waals surface area contributed by atoms with Gasteiger partial charge in [0.2, 0.25) is 0 Å². The number of carbonyl (C=O) groups excluding carboxylic acids is 1. The third-order valence-corrected chi connectivity index (χ3v) is 4.31. The van der Waals surface area contributed by atoms with Crippen molar-refractivity contribution in [3.05, 3.63) is 70.8 Å². The zero-order valence-electron chi connectivity index (χ0n) is 11.7. The minimum atomic E-state index is -0.951. The summed E-state index contributed by atoms with van der Waals surface area (Å²) in [6.45, 7) is 4.06. The van der Waals surface area contributed by atoms with E-state index in [9.17, 15) is 9.90 Å². The fraction of sp³-hybridized carbons (Fsp3) is 0.278. The van der Waals surface area contributed by atoms with Gasteiger partial charge in [-0.05, 0) is 31.4 Å². The number of rotatable bonds is 3. The number of carboxylic acids is 1. The molecule has 102 valence electrons. The van der Waals surface area contributed by atoms with E-state index in [-0.39, 0.29) is 0 Å². The van der Waals surface area contributed by atoms with Crippen molar-refractivity contribution >= 4 is 5.97 Å². The summed E-state index contributed by atoms with van der Waals surface area (Å²) < 4.78 is 0. The van der Waals surface area contributed by atoms with Crippen molar-refractivity contribution < 1.29 is 9.90 Å². The molecule has 1 atom stereocenters. The second-order valence-electron chi connectivity index (χ2n) is 5.79. The predicted octanol–water partition coefficient (Wildman–Crippen LogP) is 2.36. The minimum Gasteiger partial charge on any atom is -0.550 e. The Labute approximate surface area is 119 Å². The normalized spacial score (nSPS) is 19.6. The van der Waals surface area contributed by atoms with Crippen LogP contribution in [0.2, 0.25) is 0 Å². The molecule has 0 amide bonds. The van der Waals surface area contributed by atoms with Crippen LogP contribution in [0.25, 0.3) is 0 Å². The predicted molar refractivity (Wildman–Crippen MR) is 76.3 cm³/mol. The fourth-order valence-corrected chi connectivity index (χ4v) is 3.20. The van der Waals surface area contributed by atoms with Crippen LogP contribution in [0, 0.1) is 19.8 Å². The van der Waals surface area contributed by atoms with Crippen LogP contribution >= 0.6 is 0 Å². The first-order valence-corrected chi connectivity index (χ1v) is 6.89. The highest BCUT2D eigenvalue weighted by molar-refractivity contribution is 5.78. The van der Waals surface area contributed by atoms with Gasteiger partial charge in [-0.3, -0.25) is 0 Å². The average Bonchev–Trinajstić information content (AvgIpc) is 3.15. The van der Waals surface area contributed by atoms with E-state index in [1.807, 2.05) is 50.2 Å². The molecule has 20 heavy (non-hydrogen) atoms. The molecule has 0 saturated heterocycles. The lowest BCUT2D eigenvalue weighted by atomic mass is 9.84. The Morgan fingerprint density at radius 1 is 1.05 bits per heavy atom. The van der Waals surface area contributed by atoms with Crippen LogP contribution in [0.1, 0.15) is 28.7 Å². The molecule has 0 N–H and O–H groups in total. The highest BCUT2D eigenvalue weighted by Gasteiger charge is 2.57. The number of carboxylic acid groups (broad SMARTS) is 1. The molecule has 0 bridgehead atoms. The quantitative estimate of drug-likeness (QED) is 0.854. The molecule has 0 aromatic heterocycles. The van der Waals surface area contributed by atoms with E-state index in [1.54, 1.807) is 0 Å². The molecule has 1 saturated carbocycles. The molecule has 1 fully saturated rings. The lowest BCUT2D eigenvalue weighted by Gasteiger charge is -2.20. The first kappa shape index (κ1) is 12.9. The molecule has 1 aliphatic carbocycles. The molecular formula is C18H17O2-. The number of hydrogen-bond donors (Lipinski definition) is 0. The van der Waals surface area contributed by atoms with E-state index in [0.29, 0.717) is 6.42 Å². The van der Waals surface area contributed by atoms with Crippen molar-refractivity contribution in [1.82, 2.24) is 0 Å². The average molecular weight is 265 g/mol. The first-order valence-electron chi connectivity index (χ1n) is 6.89. The number of carbonyl (C=O) groups is 1. The van der Waals surface area contributed by atoms with E-state index in [4.69, 9.17) is 0 Å². The standard InChI is InChI=1S/C18H18O2/c1-12-5-3-7-14(9-12)18(11-16(18)17(19)20)15-8-4-6-13(2)10-15/h3-10,16H,11H2,1-2H3,(H,19,20)/p-1/t16-/m0/s1. The summed E-state index contributed by atoms with van der Waals surface area (Å²) in [5.41, 5.74) is 4.06. The molecular weight excluding hydrogens is 248 g/mol. The Bertz CT molecular complexity index is 627. The van der Waals surface area contributed by atoms with Gasteiger partial charge in [0.25, 0.3) is 0 Å². The maximum atomic E-state index is 11.4. The molecule has 1 aliphatic rings. The maximum absolute atomic E-state index is 11.4. The van der Waals surface area contributed by atoms with Gasteiger partial charge in [-0.25, -0.2) is 0 Å². The third-order valence-electron chi connectivity index (χ3n) is 4.31. The summed E-state index contributed by atoms with van der Waals surface area (Å²) in [6, 6.07) is 16.3. The van der Waals surface area contributed by atoms with Crippen molar-refractivity contribution in [3.8, 4) is 0 Å². The van der Waals surface area contributed by atoms with E-state index >= 15 is 0 Å². The van der Waals surface area contributed by atoms with Crippen LogP contribution < -0.4 is 5.11 Å². The van der Waals surface area contributed by atoms with Gasteiger partial charge in [-0.2, -0.15) is 0 Å². The van der Waals surface area contributed by atoms with Gasteiger partial charge in [0.05, 0.1) is 0 Å². The molecule has 2 aromatic rings. The van der Waals surface area contributed by atoms with Gasteiger partial charge in [0.15, 0.2) is 0 Å². The first-order chi connectivity index (χ1) is 9.54. The van der Waals surface area contributed by atoms with Gasteiger partial charge in [0, 0.05) is 17.3 Å². The molecule has 0 radical (unpaired) electrons. The summed E-state index contributed by atoms with van der Waals surface area (Å²) in [5.74, 6) is -1.38. The maximum Gasteiger partial charge on any atom is 0.0458 e. The molecule has 0 aliphatic heterocycles. The SMILES string of the molecule is Cc1cccc(C2(c3cccc(C)c3)C[C@H]2C(=O)[O-])c1. The zero-order valence-corrected chi connectivity index (χ0v) is 11.7. The Morgan fingerprint density at radius 2 is 1.55 bits per heavy atom. The van der Waals surface area contributed by atoms with Crippen molar-refractivity contribution in [2.45, 2.75) is 25.7 Å². The Kier molecular flexibility index (Phi) is 2.89. The van der Waals surface area contributed by atoms with Crippen molar-refractivity contribution in [3.63, 3.8) is 0 Å². The smallest absolute Gasteiger partial charge is 0.0458 e. The Hall–Kier alpha value is -2.09. The molecule has 0 heterocycles. The Morgan fingerprint density at radius 3 is 1.90 bits per heavy atom. The van der Waals surface area contributed by atoms with E-state index in [1.165, 1.54) is 0 Å². The van der Waals surface area contributed by atoms with Crippen LogP contribution in [-0.4, -0.2) is 5.97 Å². The molecule has 0 unspecified atom stereocenters. The van der Waals surface area contributed by atoms with Crippen LogP contribution in [0.3, 0.4) is 0 Å². The summed E-state index contributed by atoms with van der Waals surface area (Å²) >= 11 is 0. The van der Waals surface area contributed by atoms with Gasteiger partial charge >= 0.3 is 0 Å². The van der Waals surface area contributed by atoms with Crippen molar-refractivity contribution in [2.24, 2.45) is 5.92 Å². The highest BCUT2D eigenvalue weighted by atomic mass is 16.4. The largest absolute Gasteiger partial charge is 0.550 e. The van der Waals surface area contributed by atoms with E-state index < -0.39 is 17.3 Å². The van der Waals surface area contributed by atoms with Crippen LogP contribution in [0.15, 0.2) is 48.5 Å². The second kappa shape index (κ2) is 4.48. The van der Waals surface area contributed by atoms with Gasteiger partial charge in [-0.1, -0.05) is 59.7 Å². The molecule has 3 rings (SSSR count). The Balaban J connectivity index is 2.14. The number of aryl methyl sites for hydroxylation is 2. The van der Waals surface area contributed by atoms with Gasteiger partial charge < -0.3 is 9.90 Å². The van der Waals surface area contributed by atoms with Crippen molar-refractivity contribution in [1.29, 1.82) is 0 Å². The molecule has 0 spiro atoms. The van der Waals surface area contributed by atoms with Crippen LogP contribution in [0.5, 0.6) is 0 Å². The molecule has 2 aromatic carbocycles.